The topological polar surface area (TPSA) is 42.4 Å². The van der Waals surface area contributed by atoms with E-state index in [2.05, 4.69) is 4.98 Å². The van der Waals surface area contributed by atoms with Crippen LogP contribution in [0.25, 0.3) is 0 Å². The van der Waals surface area contributed by atoms with E-state index in [9.17, 15) is 5.11 Å². The largest absolute Gasteiger partial charge is 0.496 e. The first-order valence-corrected chi connectivity index (χ1v) is 6.29. The second-order valence-electron chi connectivity index (χ2n) is 4.76. The van der Waals surface area contributed by atoms with E-state index in [1.807, 2.05) is 45.0 Å². The predicted molar refractivity (Wildman–Crippen MR) is 75.5 cm³/mol. The summed E-state index contributed by atoms with van der Waals surface area (Å²) in [7, 11) is 1.63. The van der Waals surface area contributed by atoms with Gasteiger partial charge in [0.05, 0.1) is 7.11 Å². The average Bonchev–Trinajstić information content (AvgIpc) is 2.41. The van der Waals surface area contributed by atoms with Crippen molar-refractivity contribution in [1.82, 2.24) is 4.98 Å². The summed E-state index contributed by atoms with van der Waals surface area (Å²) in [6, 6.07) is 7.64. The number of nitrogens with zero attached hydrogens (tertiary/aromatic N) is 1. The summed E-state index contributed by atoms with van der Waals surface area (Å²) in [5.74, 6) is 0.752. The lowest BCUT2D eigenvalue weighted by molar-refractivity contribution is 0.214. The fourth-order valence-corrected chi connectivity index (χ4v) is 2.21. The number of aliphatic hydroxyl groups excluding tert-OH is 1. The summed E-state index contributed by atoms with van der Waals surface area (Å²) in [6.07, 6.45) is 1.01. The summed E-state index contributed by atoms with van der Waals surface area (Å²) >= 11 is 0. The molecule has 0 aliphatic rings. The fourth-order valence-electron chi connectivity index (χ4n) is 2.21. The SMILES string of the molecule is COc1c(C(O)c2ccnc(C)c2)ccc(C)c1C. The summed E-state index contributed by atoms with van der Waals surface area (Å²) in [4.78, 5) is 4.15. The Morgan fingerprint density at radius 1 is 1.16 bits per heavy atom. The van der Waals surface area contributed by atoms with Crippen molar-refractivity contribution in [2.75, 3.05) is 7.11 Å². The van der Waals surface area contributed by atoms with E-state index < -0.39 is 6.10 Å². The van der Waals surface area contributed by atoms with Crippen LogP contribution in [0.15, 0.2) is 30.5 Å². The van der Waals surface area contributed by atoms with Crippen molar-refractivity contribution < 1.29 is 9.84 Å². The van der Waals surface area contributed by atoms with Crippen molar-refractivity contribution in [3.8, 4) is 5.75 Å². The van der Waals surface area contributed by atoms with Crippen LogP contribution in [0.2, 0.25) is 0 Å². The van der Waals surface area contributed by atoms with Crippen LogP contribution in [0, 0.1) is 20.8 Å². The van der Waals surface area contributed by atoms with E-state index in [1.54, 1.807) is 13.3 Å². The van der Waals surface area contributed by atoms with Crippen molar-refractivity contribution in [2.45, 2.75) is 26.9 Å². The molecule has 1 aromatic carbocycles. The highest BCUT2D eigenvalue weighted by molar-refractivity contribution is 5.48. The van der Waals surface area contributed by atoms with Gasteiger partial charge in [0.2, 0.25) is 0 Å². The Balaban J connectivity index is 2.50. The third-order valence-corrected chi connectivity index (χ3v) is 3.44. The van der Waals surface area contributed by atoms with Gasteiger partial charge in [-0.3, -0.25) is 4.98 Å². The number of aliphatic hydroxyl groups is 1. The number of rotatable bonds is 3. The molecule has 100 valence electrons. The van der Waals surface area contributed by atoms with Crippen LogP contribution >= 0.6 is 0 Å². The summed E-state index contributed by atoms with van der Waals surface area (Å²) < 4.78 is 5.45. The van der Waals surface area contributed by atoms with Crippen LogP contribution in [-0.4, -0.2) is 17.2 Å². The molecule has 0 bridgehead atoms. The van der Waals surface area contributed by atoms with Crippen molar-refractivity contribution in [2.24, 2.45) is 0 Å². The average molecular weight is 257 g/mol. The van der Waals surface area contributed by atoms with Crippen LogP contribution in [0.4, 0.5) is 0 Å². The number of aryl methyl sites for hydroxylation is 2. The van der Waals surface area contributed by atoms with Gasteiger partial charge in [-0.1, -0.05) is 12.1 Å². The Kier molecular flexibility index (Phi) is 3.86. The van der Waals surface area contributed by atoms with Crippen LogP contribution in [0.3, 0.4) is 0 Å². The Morgan fingerprint density at radius 2 is 1.89 bits per heavy atom. The number of hydrogen-bond donors (Lipinski definition) is 1. The molecule has 1 N–H and O–H groups in total. The van der Waals surface area contributed by atoms with E-state index >= 15 is 0 Å². The molecular formula is C16H19NO2. The lowest BCUT2D eigenvalue weighted by Gasteiger charge is -2.18. The van der Waals surface area contributed by atoms with Gasteiger partial charge in [0, 0.05) is 17.5 Å². The minimum absolute atomic E-state index is 0.698. The predicted octanol–water partition coefficient (Wildman–Crippen LogP) is 3.10. The minimum atomic E-state index is -0.698. The normalized spacial score (nSPS) is 12.3. The highest BCUT2D eigenvalue weighted by atomic mass is 16.5. The van der Waals surface area contributed by atoms with Crippen molar-refractivity contribution >= 4 is 0 Å². The molecule has 1 unspecified atom stereocenters. The van der Waals surface area contributed by atoms with E-state index in [-0.39, 0.29) is 0 Å². The molecule has 0 radical (unpaired) electrons. The van der Waals surface area contributed by atoms with Gasteiger partial charge >= 0.3 is 0 Å². The van der Waals surface area contributed by atoms with Crippen LogP contribution in [0.1, 0.15) is 34.1 Å². The number of ether oxygens (including phenoxy) is 1. The standard InChI is InChI=1S/C16H19NO2/c1-10-5-6-14(16(19-4)12(10)3)15(18)13-7-8-17-11(2)9-13/h5-9,15,18H,1-4H3. The molecule has 3 nitrogen and oxygen atoms in total. The van der Waals surface area contributed by atoms with Crippen molar-refractivity contribution in [3.05, 3.63) is 58.4 Å². The number of benzene rings is 1. The zero-order valence-electron chi connectivity index (χ0n) is 11.8. The summed E-state index contributed by atoms with van der Waals surface area (Å²) in [5, 5.41) is 10.5. The number of methoxy groups -OCH3 is 1. The molecule has 0 fully saturated rings. The number of aromatic nitrogens is 1. The molecule has 1 heterocycles. The summed E-state index contributed by atoms with van der Waals surface area (Å²) in [6.45, 7) is 5.95. The summed E-state index contributed by atoms with van der Waals surface area (Å²) in [5.41, 5.74) is 4.72. The number of pyridine rings is 1. The second-order valence-corrected chi connectivity index (χ2v) is 4.76. The van der Waals surface area contributed by atoms with E-state index in [0.29, 0.717) is 0 Å². The molecule has 3 heteroatoms. The molecule has 1 atom stereocenters. The van der Waals surface area contributed by atoms with E-state index in [4.69, 9.17) is 4.74 Å². The molecular weight excluding hydrogens is 238 g/mol. The first kappa shape index (κ1) is 13.6. The van der Waals surface area contributed by atoms with Gasteiger partial charge in [-0.15, -0.1) is 0 Å². The van der Waals surface area contributed by atoms with Crippen LogP contribution in [-0.2, 0) is 0 Å². The van der Waals surface area contributed by atoms with E-state index in [1.165, 1.54) is 0 Å². The molecule has 2 rings (SSSR count). The zero-order valence-corrected chi connectivity index (χ0v) is 11.8. The molecule has 0 aliphatic heterocycles. The Labute approximate surface area is 113 Å². The molecule has 2 aromatic rings. The van der Waals surface area contributed by atoms with Gasteiger partial charge in [0.1, 0.15) is 11.9 Å². The third-order valence-electron chi connectivity index (χ3n) is 3.44. The maximum absolute atomic E-state index is 10.5. The second kappa shape index (κ2) is 5.41. The molecule has 0 spiro atoms. The lowest BCUT2D eigenvalue weighted by atomic mass is 9.96. The highest BCUT2D eigenvalue weighted by Gasteiger charge is 2.18. The minimum Gasteiger partial charge on any atom is -0.496 e. The Hall–Kier alpha value is -1.87. The number of hydrogen-bond acceptors (Lipinski definition) is 3. The first-order chi connectivity index (χ1) is 9.04. The lowest BCUT2D eigenvalue weighted by Crippen LogP contribution is -2.05. The van der Waals surface area contributed by atoms with Gasteiger partial charge < -0.3 is 9.84 Å². The Morgan fingerprint density at radius 3 is 2.53 bits per heavy atom. The van der Waals surface area contributed by atoms with Gasteiger partial charge in [-0.25, -0.2) is 0 Å². The molecule has 0 aliphatic carbocycles. The maximum atomic E-state index is 10.5. The Bertz CT molecular complexity index is 593. The molecule has 0 amide bonds. The molecule has 0 saturated heterocycles. The quantitative estimate of drug-likeness (QED) is 0.918. The van der Waals surface area contributed by atoms with Gasteiger partial charge in [-0.05, 0) is 49.6 Å². The molecule has 0 saturated carbocycles. The van der Waals surface area contributed by atoms with Crippen molar-refractivity contribution in [3.63, 3.8) is 0 Å². The molecule has 19 heavy (non-hydrogen) atoms. The smallest absolute Gasteiger partial charge is 0.128 e. The van der Waals surface area contributed by atoms with Crippen LogP contribution < -0.4 is 4.74 Å². The molecule has 1 aromatic heterocycles. The zero-order chi connectivity index (χ0) is 14.0. The van der Waals surface area contributed by atoms with Gasteiger partial charge in [0.25, 0.3) is 0 Å². The van der Waals surface area contributed by atoms with Gasteiger partial charge in [-0.2, -0.15) is 0 Å². The van der Waals surface area contributed by atoms with E-state index in [0.717, 1.165) is 33.7 Å². The fraction of sp³-hybridized carbons (Fsp3) is 0.312. The van der Waals surface area contributed by atoms with Crippen LogP contribution in [0.5, 0.6) is 5.75 Å². The van der Waals surface area contributed by atoms with Gasteiger partial charge in [0.15, 0.2) is 0 Å². The maximum Gasteiger partial charge on any atom is 0.128 e. The highest BCUT2D eigenvalue weighted by Crippen LogP contribution is 2.33. The first-order valence-electron chi connectivity index (χ1n) is 6.29. The third kappa shape index (κ3) is 2.61. The van der Waals surface area contributed by atoms with Crippen molar-refractivity contribution in [1.29, 1.82) is 0 Å². The monoisotopic (exact) mass is 257 g/mol.